The fourth-order valence-corrected chi connectivity index (χ4v) is 3.16. The molecule has 5 heteroatoms. The largest absolute Gasteiger partial charge is 0.271 e. The van der Waals surface area contributed by atoms with Gasteiger partial charge in [0.2, 0.25) is 0 Å². The molecule has 3 nitrogen and oxygen atoms in total. The third-order valence-corrected chi connectivity index (χ3v) is 4.03. The first-order valence-corrected chi connectivity index (χ1v) is 6.70. The highest BCUT2D eigenvalue weighted by Crippen LogP contribution is 2.32. The van der Waals surface area contributed by atoms with Gasteiger partial charge in [-0.1, -0.05) is 18.2 Å². The van der Waals surface area contributed by atoms with Crippen LogP contribution in [0.15, 0.2) is 48.1 Å². The van der Waals surface area contributed by atoms with Gasteiger partial charge in [-0.2, -0.15) is 0 Å². The smallest absolute Gasteiger partial charge is 0.141 e. The Labute approximate surface area is 113 Å². The van der Waals surface area contributed by atoms with E-state index in [1.54, 1.807) is 17.5 Å². The molecule has 0 fully saturated rings. The summed E-state index contributed by atoms with van der Waals surface area (Å²) in [7, 11) is 0. The third-order valence-electron chi connectivity index (χ3n) is 3.05. The Balaban J connectivity index is 2.12. The zero-order valence-corrected chi connectivity index (χ0v) is 10.8. The minimum atomic E-state index is -0.364. The van der Waals surface area contributed by atoms with Gasteiger partial charge < -0.3 is 0 Å². The quantitative estimate of drug-likeness (QED) is 0.570. The molecule has 3 aromatic rings. The normalized spacial score (nSPS) is 12.7. The number of hydrogen-bond acceptors (Lipinski definition) is 4. The number of rotatable bonds is 3. The van der Waals surface area contributed by atoms with Crippen LogP contribution < -0.4 is 11.3 Å². The molecule has 96 valence electrons. The van der Waals surface area contributed by atoms with Crippen LogP contribution in [-0.4, -0.2) is 4.98 Å². The van der Waals surface area contributed by atoms with Crippen molar-refractivity contribution in [3.8, 4) is 0 Å². The molecule has 0 radical (unpaired) electrons. The first-order chi connectivity index (χ1) is 9.29. The predicted octanol–water partition coefficient (Wildman–Crippen LogP) is 2.99. The van der Waals surface area contributed by atoms with Crippen molar-refractivity contribution in [1.82, 2.24) is 10.4 Å². The minimum absolute atomic E-state index is 0.264. The van der Waals surface area contributed by atoms with Crippen molar-refractivity contribution < 1.29 is 4.39 Å². The molecule has 0 amide bonds. The highest BCUT2D eigenvalue weighted by Gasteiger charge is 2.17. The van der Waals surface area contributed by atoms with Gasteiger partial charge in [-0.25, -0.2) is 9.82 Å². The molecule has 0 bridgehead atoms. The maximum atomic E-state index is 13.3. The fraction of sp³-hybridized carbons (Fsp3) is 0.0714. The Hall–Kier alpha value is -1.82. The van der Waals surface area contributed by atoms with E-state index in [2.05, 4.69) is 16.5 Å². The molecule has 2 aromatic heterocycles. The number of fused-ring (bicyclic) bond motifs is 1. The molecule has 0 aliphatic carbocycles. The summed E-state index contributed by atoms with van der Waals surface area (Å²) in [5.74, 6) is 5.28. The molecular formula is C14H12FN3S. The molecule has 1 aromatic carbocycles. The summed E-state index contributed by atoms with van der Waals surface area (Å²) in [5, 5.41) is 3.17. The zero-order chi connectivity index (χ0) is 13.2. The van der Waals surface area contributed by atoms with E-state index in [1.807, 2.05) is 23.6 Å². The Morgan fingerprint density at radius 2 is 2.11 bits per heavy atom. The van der Waals surface area contributed by atoms with Gasteiger partial charge in [0.15, 0.2) is 0 Å². The number of hydrazine groups is 1. The molecule has 3 rings (SSSR count). The number of nitrogens with two attached hydrogens (primary N) is 1. The van der Waals surface area contributed by atoms with Crippen LogP contribution in [0.5, 0.6) is 0 Å². The zero-order valence-electron chi connectivity index (χ0n) is 10.0. The lowest BCUT2D eigenvalue weighted by molar-refractivity contribution is 0.599. The molecule has 0 saturated carbocycles. The van der Waals surface area contributed by atoms with Crippen LogP contribution in [0.2, 0.25) is 0 Å². The van der Waals surface area contributed by atoms with E-state index in [1.165, 1.54) is 17.0 Å². The minimum Gasteiger partial charge on any atom is -0.271 e. The summed E-state index contributed by atoms with van der Waals surface area (Å²) in [4.78, 5) is 3.88. The van der Waals surface area contributed by atoms with Crippen LogP contribution in [0.25, 0.3) is 10.1 Å². The standard InChI is InChI=1S/C14H12FN3S/c15-10-5-9(6-17-7-10)14(18-16)12-8-19-13-4-2-1-3-11(12)13/h1-8,14,18H,16H2. The third kappa shape index (κ3) is 2.23. The van der Waals surface area contributed by atoms with Crippen molar-refractivity contribution in [2.24, 2.45) is 5.84 Å². The van der Waals surface area contributed by atoms with Crippen molar-refractivity contribution in [3.05, 3.63) is 65.0 Å². The number of thiophene rings is 1. The van der Waals surface area contributed by atoms with Crippen molar-refractivity contribution in [2.75, 3.05) is 0 Å². The van der Waals surface area contributed by atoms with Gasteiger partial charge in [-0.05, 0) is 34.0 Å². The van der Waals surface area contributed by atoms with Crippen LogP contribution in [0.1, 0.15) is 17.2 Å². The van der Waals surface area contributed by atoms with Gasteiger partial charge in [0.05, 0.1) is 12.2 Å². The topological polar surface area (TPSA) is 50.9 Å². The Kier molecular flexibility index (Phi) is 3.25. The molecule has 3 N–H and O–H groups in total. The summed E-state index contributed by atoms with van der Waals surface area (Å²) in [6, 6.07) is 9.26. The van der Waals surface area contributed by atoms with Crippen LogP contribution >= 0.6 is 11.3 Å². The molecule has 0 spiro atoms. The number of halogens is 1. The number of hydrogen-bond donors (Lipinski definition) is 2. The van der Waals surface area contributed by atoms with E-state index < -0.39 is 0 Å². The maximum Gasteiger partial charge on any atom is 0.141 e. The van der Waals surface area contributed by atoms with Crippen LogP contribution in [0.4, 0.5) is 4.39 Å². The average molecular weight is 273 g/mol. The van der Waals surface area contributed by atoms with Crippen molar-refractivity contribution in [1.29, 1.82) is 0 Å². The number of nitrogens with one attached hydrogen (secondary N) is 1. The predicted molar refractivity (Wildman–Crippen MR) is 75.2 cm³/mol. The summed E-state index contributed by atoms with van der Waals surface area (Å²) in [6.07, 6.45) is 2.81. The highest BCUT2D eigenvalue weighted by molar-refractivity contribution is 7.17. The van der Waals surface area contributed by atoms with E-state index >= 15 is 0 Å². The summed E-state index contributed by atoms with van der Waals surface area (Å²) in [5.41, 5.74) is 4.49. The monoisotopic (exact) mass is 273 g/mol. The summed E-state index contributed by atoms with van der Waals surface area (Å²) in [6.45, 7) is 0. The second-order valence-corrected chi connectivity index (χ2v) is 5.13. The highest BCUT2D eigenvalue weighted by atomic mass is 32.1. The number of benzene rings is 1. The Morgan fingerprint density at radius 3 is 2.89 bits per heavy atom. The van der Waals surface area contributed by atoms with Crippen molar-refractivity contribution >= 4 is 21.4 Å². The maximum absolute atomic E-state index is 13.3. The Bertz CT molecular complexity index is 710. The van der Waals surface area contributed by atoms with Gasteiger partial charge in [-0.3, -0.25) is 10.8 Å². The first kappa shape index (κ1) is 12.2. The lowest BCUT2D eigenvalue weighted by Crippen LogP contribution is -2.28. The lowest BCUT2D eigenvalue weighted by atomic mass is 10.0. The molecule has 2 heterocycles. The molecule has 0 aliphatic rings. The van der Waals surface area contributed by atoms with E-state index in [9.17, 15) is 4.39 Å². The van der Waals surface area contributed by atoms with Crippen LogP contribution in [-0.2, 0) is 0 Å². The molecular weight excluding hydrogens is 261 g/mol. The SMILES string of the molecule is NNC(c1cncc(F)c1)c1csc2ccccc12. The number of aromatic nitrogens is 1. The molecule has 19 heavy (non-hydrogen) atoms. The van der Waals surface area contributed by atoms with E-state index in [4.69, 9.17) is 5.84 Å². The van der Waals surface area contributed by atoms with E-state index in [0.717, 1.165) is 10.9 Å². The average Bonchev–Trinajstić information content (AvgIpc) is 2.84. The van der Waals surface area contributed by atoms with E-state index in [0.29, 0.717) is 5.56 Å². The number of nitrogens with zero attached hydrogens (tertiary/aromatic N) is 1. The second kappa shape index (κ2) is 5.05. The molecule has 1 unspecified atom stereocenters. The molecule has 0 aliphatic heterocycles. The molecule has 0 saturated heterocycles. The van der Waals surface area contributed by atoms with Crippen LogP contribution in [0, 0.1) is 5.82 Å². The van der Waals surface area contributed by atoms with Gasteiger partial charge >= 0.3 is 0 Å². The first-order valence-electron chi connectivity index (χ1n) is 5.82. The van der Waals surface area contributed by atoms with Gasteiger partial charge in [0, 0.05) is 10.9 Å². The Morgan fingerprint density at radius 1 is 1.26 bits per heavy atom. The summed E-state index contributed by atoms with van der Waals surface area (Å²) < 4.78 is 14.5. The van der Waals surface area contributed by atoms with Crippen molar-refractivity contribution in [3.63, 3.8) is 0 Å². The van der Waals surface area contributed by atoms with Crippen molar-refractivity contribution in [2.45, 2.75) is 6.04 Å². The fourth-order valence-electron chi connectivity index (χ4n) is 2.17. The second-order valence-electron chi connectivity index (χ2n) is 4.22. The van der Waals surface area contributed by atoms with Gasteiger partial charge in [-0.15, -0.1) is 11.3 Å². The molecule has 1 atom stereocenters. The van der Waals surface area contributed by atoms with Gasteiger partial charge in [0.25, 0.3) is 0 Å². The number of pyridine rings is 1. The summed E-state index contributed by atoms with van der Waals surface area (Å²) >= 11 is 1.65. The van der Waals surface area contributed by atoms with E-state index in [-0.39, 0.29) is 11.9 Å². The van der Waals surface area contributed by atoms with Crippen LogP contribution in [0.3, 0.4) is 0 Å². The lowest BCUT2D eigenvalue weighted by Gasteiger charge is -2.15. The van der Waals surface area contributed by atoms with Gasteiger partial charge in [0.1, 0.15) is 5.82 Å².